The zero-order valence-electron chi connectivity index (χ0n) is 11.8. The molecule has 0 fully saturated rings. The molecule has 1 N–H and O–H groups in total. The Bertz CT molecular complexity index is 371. The van der Waals surface area contributed by atoms with Crippen LogP contribution in [0.25, 0.3) is 0 Å². The molecule has 2 atom stereocenters. The molecule has 19 heavy (non-hydrogen) atoms. The van der Waals surface area contributed by atoms with Crippen LogP contribution in [0.3, 0.4) is 0 Å². The lowest BCUT2D eigenvalue weighted by molar-refractivity contribution is -0.0508. The molecule has 2 nitrogen and oxygen atoms in total. The van der Waals surface area contributed by atoms with Gasteiger partial charge in [0.15, 0.2) is 0 Å². The van der Waals surface area contributed by atoms with Crippen LogP contribution < -0.4 is 10.1 Å². The van der Waals surface area contributed by atoms with Crippen molar-refractivity contribution in [3.05, 3.63) is 29.8 Å². The second-order valence-electron chi connectivity index (χ2n) is 4.72. The monoisotopic (exact) mass is 271 g/mol. The fourth-order valence-electron chi connectivity index (χ4n) is 2.40. The van der Waals surface area contributed by atoms with Gasteiger partial charge in [-0.15, -0.1) is 0 Å². The quantitative estimate of drug-likeness (QED) is 0.758. The molecule has 0 aliphatic carbocycles. The van der Waals surface area contributed by atoms with Crippen LogP contribution >= 0.6 is 0 Å². The minimum Gasteiger partial charge on any atom is -0.434 e. The van der Waals surface area contributed by atoms with E-state index in [1.54, 1.807) is 12.1 Å². The summed E-state index contributed by atoms with van der Waals surface area (Å²) in [6.45, 7) is 4.28. The molecule has 0 radical (unpaired) electrons. The Morgan fingerprint density at radius 3 is 2.47 bits per heavy atom. The molecular formula is C15H23F2NO. The van der Waals surface area contributed by atoms with Crippen LogP contribution in [-0.2, 0) is 0 Å². The highest BCUT2D eigenvalue weighted by molar-refractivity contribution is 5.36. The first kappa shape index (κ1) is 15.9. The van der Waals surface area contributed by atoms with Crippen LogP contribution in [0.2, 0.25) is 0 Å². The van der Waals surface area contributed by atoms with E-state index >= 15 is 0 Å². The van der Waals surface area contributed by atoms with Crippen molar-refractivity contribution >= 4 is 0 Å². The van der Waals surface area contributed by atoms with Gasteiger partial charge in [0.2, 0.25) is 0 Å². The maximum absolute atomic E-state index is 12.5. The van der Waals surface area contributed by atoms with E-state index in [-0.39, 0.29) is 11.8 Å². The Kier molecular flexibility index (Phi) is 6.78. The highest BCUT2D eigenvalue weighted by Crippen LogP contribution is 2.32. The largest absolute Gasteiger partial charge is 0.434 e. The molecule has 4 heteroatoms. The first-order chi connectivity index (χ1) is 9.10. The van der Waals surface area contributed by atoms with Gasteiger partial charge in [0.1, 0.15) is 5.75 Å². The summed E-state index contributed by atoms with van der Waals surface area (Å²) in [5.41, 5.74) is 0.811. The Labute approximate surface area is 114 Å². The van der Waals surface area contributed by atoms with E-state index in [1.807, 2.05) is 19.1 Å². The Morgan fingerprint density at radius 2 is 1.89 bits per heavy atom. The Balaban J connectivity index is 3.00. The zero-order chi connectivity index (χ0) is 14.3. The van der Waals surface area contributed by atoms with Crippen molar-refractivity contribution in [2.75, 3.05) is 6.54 Å². The van der Waals surface area contributed by atoms with Crippen LogP contribution in [0.5, 0.6) is 5.75 Å². The smallest absolute Gasteiger partial charge is 0.387 e. The summed E-state index contributed by atoms with van der Waals surface area (Å²) in [4.78, 5) is 0. The third kappa shape index (κ3) is 4.78. The molecule has 0 heterocycles. The zero-order valence-corrected chi connectivity index (χ0v) is 11.8. The van der Waals surface area contributed by atoms with Gasteiger partial charge in [0, 0.05) is 11.6 Å². The van der Waals surface area contributed by atoms with Crippen molar-refractivity contribution in [2.24, 2.45) is 5.92 Å². The van der Waals surface area contributed by atoms with Crippen molar-refractivity contribution in [3.63, 3.8) is 0 Å². The second-order valence-corrected chi connectivity index (χ2v) is 4.72. The SMILES string of the molecule is CCCC(C)C(NCC)c1ccccc1OC(F)F. The number of nitrogens with one attached hydrogen (secondary N) is 1. The Morgan fingerprint density at radius 1 is 1.21 bits per heavy atom. The van der Waals surface area contributed by atoms with E-state index in [2.05, 4.69) is 23.9 Å². The van der Waals surface area contributed by atoms with Crippen LogP contribution in [-0.4, -0.2) is 13.2 Å². The van der Waals surface area contributed by atoms with Gasteiger partial charge in [0.05, 0.1) is 0 Å². The van der Waals surface area contributed by atoms with Gasteiger partial charge < -0.3 is 10.1 Å². The third-order valence-corrected chi connectivity index (χ3v) is 3.21. The van der Waals surface area contributed by atoms with E-state index in [0.717, 1.165) is 24.9 Å². The normalized spacial score (nSPS) is 14.4. The molecule has 2 unspecified atom stereocenters. The second kappa shape index (κ2) is 8.10. The molecule has 0 saturated heterocycles. The van der Waals surface area contributed by atoms with Crippen LogP contribution in [0.1, 0.15) is 45.2 Å². The van der Waals surface area contributed by atoms with Gasteiger partial charge in [-0.05, 0) is 24.9 Å². The molecule has 108 valence electrons. The van der Waals surface area contributed by atoms with Crippen LogP contribution in [0.15, 0.2) is 24.3 Å². The number of hydrogen-bond donors (Lipinski definition) is 1. The van der Waals surface area contributed by atoms with Crippen LogP contribution in [0.4, 0.5) is 8.78 Å². The van der Waals surface area contributed by atoms with E-state index in [9.17, 15) is 8.78 Å². The molecule has 0 bridgehead atoms. The predicted octanol–water partition coefficient (Wildman–Crippen LogP) is 4.37. The first-order valence-corrected chi connectivity index (χ1v) is 6.87. The van der Waals surface area contributed by atoms with E-state index in [0.29, 0.717) is 5.92 Å². The first-order valence-electron chi connectivity index (χ1n) is 6.87. The summed E-state index contributed by atoms with van der Waals surface area (Å²) in [6, 6.07) is 7.08. The van der Waals surface area contributed by atoms with Gasteiger partial charge in [0.25, 0.3) is 0 Å². The maximum atomic E-state index is 12.5. The summed E-state index contributed by atoms with van der Waals surface area (Å²) < 4.78 is 29.5. The number of rotatable bonds is 8. The van der Waals surface area contributed by atoms with Crippen molar-refractivity contribution in [3.8, 4) is 5.75 Å². The van der Waals surface area contributed by atoms with Crippen molar-refractivity contribution in [1.82, 2.24) is 5.32 Å². The van der Waals surface area contributed by atoms with E-state index < -0.39 is 6.61 Å². The molecule has 0 amide bonds. The molecular weight excluding hydrogens is 248 g/mol. The summed E-state index contributed by atoms with van der Waals surface area (Å²) >= 11 is 0. The van der Waals surface area contributed by atoms with Crippen molar-refractivity contribution < 1.29 is 13.5 Å². The predicted molar refractivity (Wildman–Crippen MR) is 73.6 cm³/mol. The molecule has 0 aromatic heterocycles. The van der Waals surface area contributed by atoms with Gasteiger partial charge in [-0.3, -0.25) is 0 Å². The van der Waals surface area contributed by atoms with Gasteiger partial charge in [-0.1, -0.05) is 45.4 Å². The molecule has 1 aromatic rings. The Hall–Kier alpha value is -1.16. The van der Waals surface area contributed by atoms with Crippen molar-refractivity contribution in [1.29, 1.82) is 0 Å². The molecule has 0 saturated carbocycles. The van der Waals surface area contributed by atoms with E-state index in [1.165, 1.54) is 0 Å². The average molecular weight is 271 g/mol. The lowest BCUT2D eigenvalue weighted by Gasteiger charge is -2.26. The van der Waals surface area contributed by atoms with E-state index in [4.69, 9.17) is 0 Å². The minimum atomic E-state index is -2.79. The van der Waals surface area contributed by atoms with Gasteiger partial charge >= 0.3 is 6.61 Å². The lowest BCUT2D eigenvalue weighted by atomic mass is 9.90. The lowest BCUT2D eigenvalue weighted by Crippen LogP contribution is -2.27. The summed E-state index contributed by atoms with van der Waals surface area (Å²) in [7, 11) is 0. The number of alkyl halides is 2. The summed E-state index contributed by atoms with van der Waals surface area (Å²) in [5.74, 6) is 0.638. The number of benzene rings is 1. The molecule has 1 aromatic carbocycles. The van der Waals surface area contributed by atoms with Crippen molar-refractivity contribution in [2.45, 2.75) is 46.3 Å². The average Bonchev–Trinajstić information content (AvgIpc) is 2.36. The maximum Gasteiger partial charge on any atom is 0.387 e. The topological polar surface area (TPSA) is 21.3 Å². The highest BCUT2D eigenvalue weighted by atomic mass is 19.3. The summed E-state index contributed by atoms with van der Waals surface area (Å²) in [5, 5.41) is 3.37. The molecule has 0 aliphatic heterocycles. The van der Waals surface area contributed by atoms with Gasteiger partial charge in [-0.25, -0.2) is 0 Å². The fourth-order valence-corrected chi connectivity index (χ4v) is 2.40. The number of hydrogen-bond acceptors (Lipinski definition) is 2. The number of halogens is 2. The number of para-hydroxylation sites is 1. The molecule has 0 spiro atoms. The fraction of sp³-hybridized carbons (Fsp3) is 0.600. The van der Waals surface area contributed by atoms with Gasteiger partial charge in [-0.2, -0.15) is 8.78 Å². The minimum absolute atomic E-state index is 0.0416. The number of ether oxygens (including phenoxy) is 1. The third-order valence-electron chi connectivity index (χ3n) is 3.21. The molecule has 1 rings (SSSR count). The summed E-state index contributed by atoms with van der Waals surface area (Å²) in [6.07, 6.45) is 2.11. The highest BCUT2D eigenvalue weighted by Gasteiger charge is 2.22. The van der Waals surface area contributed by atoms with Crippen LogP contribution in [0, 0.1) is 5.92 Å². The molecule has 0 aliphatic rings. The standard InChI is InChI=1S/C15H23F2NO/c1-4-8-11(3)14(18-5-2)12-9-6-7-10-13(12)19-15(16)17/h6-7,9-11,14-15,18H,4-5,8H2,1-3H3.